The quantitative estimate of drug-likeness (QED) is 0.157. The van der Waals surface area contributed by atoms with E-state index in [9.17, 15) is 0 Å². The smallest absolute Gasteiger partial charge is 0.0562 e. The monoisotopic (exact) mass is 777 g/mol. The Morgan fingerprint density at radius 3 is 1.67 bits per heavy atom. The molecular weight excluding hydrogens is 739 g/mol. The first-order valence-electron chi connectivity index (χ1n) is 20.9. The number of aromatic nitrogens is 2. The lowest BCUT2D eigenvalue weighted by Crippen LogP contribution is -2.10. The van der Waals surface area contributed by atoms with Crippen molar-refractivity contribution in [1.82, 2.24) is 9.13 Å². The maximum Gasteiger partial charge on any atom is 0.0562 e. The molecule has 0 amide bonds. The van der Waals surface area contributed by atoms with Crippen LogP contribution in [0.15, 0.2) is 237 Å². The molecule has 0 radical (unpaired) electrons. The standard InChI is InChI=1S/C58H39N3/c1-3-16-40(17-4-1)43-20-13-23-46(38-43)61-53-28-11-9-25-50(53)51-37-36-47(39-57(51)61)59(45-34-32-42(33-35-45)49-27-14-19-41-18-7-8-24-48(41)49)55-30-15-31-56-58(55)52-26-10-12-29-54(52)60(56)44-21-5-2-6-22-44/h1-39H. The molecule has 0 N–H and O–H groups in total. The number of benzene rings is 10. The molecule has 0 unspecified atom stereocenters. The molecule has 0 bridgehead atoms. The average Bonchev–Trinajstić information content (AvgIpc) is 3.85. The zero-order valence-electron chi connectivity index (χ0n) is 33.4. The lowest BCUT2D eigenvalue weighted by molar-refractivity contribution is 1.18. The van der Waals surface area contributed by atoms with E-state index >= 15 is 0 Å². The molecule has 286 valence electrons. The molecule has 0 aliphatic rings. The highest BCUT2D eigenvalue weighted by Crippen LogP contribution is 2.46. The summed E-state index contributed by atoms with van der Waals surface area (Å²) in [6, 6.07) is 86.0. The summed E-state index contributed by atoms with van der Waals surface area (Å²) in [4.78, 5) is 2.46. The predicted molar refractivity (Wildman–Crippen MR) is 258 cm³/mol. The molecule has 2 aromatic heterocycles. The average molecular weight is 778 g/mol. The number of fused-ring (bicyclic) bond motifs is 7. The minimum Gasteiger partial charge on any atom is -0.310 e. The van der Waals surface area contributed by atoms with E-state index in [4.69, 9.17) is 0 Å². The van der Waals surface area contributed by atoms with Crippen molar-refractivity contribution in [2.75, 3.05) is 4.90 Å². The van der Waals surface area contributed by atoms with Gasteiger partial charge in [0.1, 0.15) is 0 Å². The van der Waals surface area contributed by atoms with E-state index in [1.54, 1.807) is 0 Å². The second kappa shape index (κ2) is 14.3. The molecule has 0 spiro atoms. The first-order valence-corrected chi connectivity index (χ1v) is 20.9. The van der Waals surface area contributed by atoms with E-state index in [2.05, 4.69) is 251 Å². The highest BCUT2D eigenvalue weighted by molar-refractivity contribution is 6.17. The Kier molecular flexibility index (Phi) is 8.17. The second-order valence-corrected chi connectivity index (χ2v) is 15.7. The zero-order valence-corrected chi connectivity index (χ0v) is 33.4. The maximum absolute atomic E-state index is 2.46. The van der Waals surface area contributed by atoms with Crippen molar-refractivity contribution in [2.24, 2.45) is 0 Å². The second-order valence-electron chi connectivity index (χ2n) is 15.7. The van der Waals surface area contributed by atoms with Gasteiger partial charge in [0.25, 0.3) is 0 Å². The number of anilines is 3. The minimum atomic E-state index is 1.08. The van der Waals surface area contributed by atoms with Crippen LogP contribution in [0.3, 0.4) is 0 Å². The SMILES string of the molecule is c1ccc(-c2cccc(-n3c4ccccc4c4ccc(N(c5ccc(-c6cccc7ccccc67)cc5)c5cccc6c5c5ccccc5n6-c5ccccc5)cc43)c2)cc1. The van der Waals surface area contributed by atoms with E-state index in [1.807, 2.05) is 0 Å². The summed E-state index contributed by atoms with van der Waals surface area (Å²) in [7, 11) is 0. The first kappa shape index (κ1) is 34.9. The van der Waals surface area contributed by atoms with E-state index in [0.717, 1.165) is 39.5 Å². The summed E-state index contributed by atoms with van der Waals surface area (Å²) in [5, 5.41) is 7.36. The van der Waals surface area contributed by atoms with Crippen LogP contribution in [0.4, 0.5) is 17.1 Å². The third kappa shape index (κ3) is 5.74. The predicted octanol–water partition coefficient (Wildman–Crippen LogP) is 15.8. The van der Waals surface area contributed by atoms with Crippen LogP contribution in [0.2, 0.25) is 0 Å². The molecule has 3 heteroatoms. The van der Waals surface area contributed by atoms with Gasteiger partial charge in [-0.2, -0.15) is 0 Å². The number of hydrogen-bond donors (Lipinski definition) is 0. The number of hydrogen-bond acceptors (Lipinski definition) is 1. The Hall–Kier alpha value is -8.14. The Morgan fingerprint density at radius 1 is 0.295 bits per heavy atom. The molecule has 61 heavy (non-hydrogen) atoms. The van der Waals surface area contributed by atoms with E-state index in [0.29, 0.717) is 0 Å². The van der Waals surface area contributed by atoms with Gasteiger partial charge in [-0.1, -0.05) is 164 Å². The zero-order chi connectivity index (χ0) is 40.3. The van der Waals surface area contributed by atoms with Gasteiger partial charge >= 0.3 is 0 Å². The van der Waals surface area contributed by atoms with Gasteiger partial charge in [-0.05, 0) is 106 Å². The third-order valence-corrected chi connectivity index (χ3v) is 12.3. The molecule has 0 fully saturated rings. The van der Waals surface area contributed by atoms with Crippen LogP contribution in [0.1, 0.15) is 0 Å². The Bertz CT molecular complexity index is 3570. The van der Waals surface area contributed by atoms with Crippen LogP contribution in [0.25, 0.3) is 88.0 Å². The number of rotatable bonds is 7. The van der Waals surface area contributed by atoms with Gasteiger partial charge in [-0.25, -0.2) is 0 Å². The summed E-state index contributed by atoms with van der Waals surface area (Å²) in [5.41, 5.74) is 15.0. The van der Waals surface area contributed by atoms with Crippen LogP contribution in [0.5, 0.6) is 0 Å². The van der Waals surface area contributed by atoms with Crippen molar-refractivity contribution in [3.8, 4) is 33.6 Å². The van der Waals surface area contributed by atoms with E-state index in [-0.39, 0.29) is 0 Å². The third-order valence-electron chi connectivity index (χ3n) is 12.3. The lowest BCUT2D eigenvalue weighted by Gasteiger charge is -2.27. The molecule has 3 nitrogen and oxygen atoms in total. The minimum absolute atomic E-state index is 1.08. The van der Waals surface area contributed by atoms with Gasteiger partial charge in [0.2, 0.25) is 0 Å². The molecule has 0 aliphatic heterocycles. The van der Waals surface area contributed by atoms with Crippen molar-refractivity contribution in [2.45, 2.75) is 0 Å². The van der Waals surface area contributed by atoms with Crippen molar-refractivity contribution in [1.29, 1.82) is 0 Å². The van der Waals surface area contributed by atoms with Crippen LogP contribution in [-0.2, 0) is 0 Å². The van der Waals surface area contributed by atoms with Crippen molar-refractivity contribution < 1.29 is 0 Å². The molecule has 0 aliphatic carbocycles. The molecule has 2 heterocycles. The Morgan fingerprint density at radius 2 is 0.852 bits per heavy atom. The van der Waals surface area contributed by atoms with E-state index in [1.165, 1.54) is 65.6 Å². The normalized spacial score (nSPS) is 11.6. The van der Waals surface area contributed by atoms with Crippen molar-refractivity contribution >= 4 is 71.4 Å². The largest absolute Gasteiger partial charge is 0.310 e. The molecule has 0 saturated carbocycles. The van der Waals surface area contributed by atoms with Gasteiger partial charge in [0.05, 0.1) is 27.8 Å². The number of nitrogens with zero attached hydrogens (tertiary/aromatic N) is 3. The molecule has 0 atom stereocenters. The van der Waals surface area contributed by atoms with Gasteiger partial charge < -0.3 is 14.0 Å². The van der Waals surface area contributed by atoms with Crippen molar-refractivity contribution in [3.63, 3.8) is 0 Å². The maximum atomic E-state index is 2.46. The molecule has 0 saturated heterocycles. The van der Waals surface area contributed by atoms with Gasteiger partial charge in [0, 0.05) is 44.3 Å². The van der Waals surface area contributed by atoms with Gasteiger partial charge in [-0.15, -0.1) is 0 Å². The number of para-hydroxylation sites is 3. The summed E-state index contributed by atoms with van der Waals surface area (Å²) in [6.45, 7) is 0. The molecule has 12 aromatic rings. The van der Waals surface area contributed by atoms with Crippen LogP contribution in [0, 0.1) is 0 Å². The molecule has 12 rings (SSSR count). The highest BCUT2D eigenvalue weighted by Gasteiger charge is 2.23. The topological polar surface area (TPSA) is 13.1 Å². The summed E-state index contributed by atoms with van der Waals surface area (Å²) >= 11 is 0. The Labute approximate surface area is 354 Å². The fourth-order valence-electron chi connectivity index (χ4n) is 9.57. The summed E-state index contributed by atoms with van der Waals surface area (Å²) < 4.78 is 4.83. The fourth-order valence-corrected chi connectivity index (χ4v) is 9.57. The van der Waals surface area contributed by atoms with E-state index < -0.39 is 0 Å². The lowest BCUT2D eigenvalue weighted by atomic mass is 9.98. The summed E-state index contributed by atoms with van der Waals surface area (Å²) in [5.74, 6) is 0. The summed E-state index contributed by atoms with van der Waals surface area (Å²) in [6.07, 6.45) is 0. The molecular formula is C58H39N3. The van der Waals surface area contributed by atoms with Crippen molar-refractivity contribution in [3.05, 3.63) is 237 Å². The van der Waals surface area contributed by atoms with Gasteiger partial charge in [0.15, 0.2) is 0 Å². The first-order chi connectivity index (χ1) is 30.3. The highest BCUT2D eigenvalue weighted by atomic mass is 15.2. The Balaban J connectivity index is 1.11. The van der Waals surface area contributed by atoms with Crippen LogP contribution in [-0.4, -0.2) is 9.13 Å². The van der Waals surface area contributed by atoms with Crippen LogP contribution >= 0.6 is 0 Å². The molecule has 10 aromatic carbocycles. The van der Waals surface area contributed by atoms with Crippen LogP contribution < -0.4 is 4.90 Å². The van der Waals surface area contributed by atoms with Gasteiger partial charge in [-0.3, -0.25) is 0 Å². The fraction of sp³-hybridized carbons (Fsp3) is 0.